The van der Waals surface area contributed by atoms with Crippen LogP contribution in [0.3, 0.4) is 0 Å². The highest BCUT2D eigenvalue weighted by Crippen LogP contribution is 2.44. The second kappa shape index (κ2) is 10.6. The molecule has 0 saturated carbocycles. The first kappa shape index (κ1) is 22.3. The molecule has 0 fully saturated rings. The van der Waals surface area contributed by atoms with Gasteiger partial charge in [0.2, 0.25) is 5.91 Å². The molecule has 2 amide bonds. The van der Waals surface area contributed by atoms with Crippen LogP contribution < -0.4 is 10.6 Å². The fourth-order valence-electron chi connectivity index (χ4n) is 3.97. The third-order valence-corrected chi connectivity index (χ3v) is 5.43. The van der Waals surface area contributed by atoms with Crippen LogP contribution in [-0.2, 0) is 14.3 Å². The van der Waals surface area contributed by atoms with Crippen LogP contribution in [0.4, 0.5) is 4.79 Å². The lowest BCUT2D eigenvalue weighted by atomic mass is 9.98. The Hall–Kier alpha value is -3.35. The van der Waals surface area contributed by atoms with Crippen molar-refractivity contribution in [2.24, 2.45) is 0 Å². The number of aliphatic carboxylic acids is 1. The zero-order valence-electron chi connectivity index (χ0n) is 17.6. The van der Waals surface area contributed by atoms with Gasteiger partial charge < -0.3 is 20.5 Å². The lowest BCUT2D eigenvalue weighted by Gasteiger charge is -2.17. The maximum Gasteiger partial charge on any atom is 0.407 e. The van der Waals surface area contributed by atoms with Crippen molar-refractivity contribution in [3.05, 3.63) is 59.7 Å². The number of alkyl carbamates (subject to hydrolysis) is 1. The Bertz CT molecular complexity index is 898. The molecular formula is C24H28N2O5. The van der Waals surface area contributed by atoms with Crippen LogP contribution in [0, 0.1) is 0 Å². The van der Waals surface area contributed by atoms with Gasteiger partial charge in [0.05, 0.1) is 6.42 Å². The summed E-state index contributed by atoms with van der Waals surface area (Å²) in [7, 11) is 0. The summed E-state index contributed by atoms with van der Waals surface area (Å²) in [6.45, 7) is 1.90. The zero-order chi connectivity index (χ0) is 22.2. The molecule has 0 radical (unpaired) electrons. The number of ether oxygens (including phenoxy) is 1. The Kier molecular flexibility index (Phi) is 7.65. The van der Waals surface area contributed by atoms with E-state index in [4.69, 9.17) is 9.84 Å². The molecule has 3 rings (SSSR count). The van der Waals surface area contributed by atoms with Gasteiger partial charge in [-0.15, -0.1) is 0 Å². The summed E-state index contributed by atoms with van der Waals surface area (Å²) in [6.07, 6.45) is 1.48. The van der Waals surface area contributed by atoms with Gasteiger partial charge in [-0.2, -0.15) is 0 Å². The molecule has 0 unspecified atom stereocenters. The number of benzene rings is 2. The molecule has 3 N–H and O–H groups in total. The number of carbonyl (C=O) groups is 3. The highest BCUT2D eigenvalue weighted by molar-refractivity contribution is 5.83. The van der Waals surface area contributed by atoms with Crippen molar-refractivity contribution in [1.29, 1.82) is 0 Å². The van der Waals surface area contributed by atoms with Gasteiger partial charge in [-0.1, -0.05) is 68.3 Å². The second-order valence-electron chi connectivity index (χ2n) is 7.68. The average Bonchev–Trinajstić information content (AvgIpc) is 3.08. The van der Waals surface area contributed by atoms with Crippen molar-refractivity contribution in [3.63, 3.8) is 0 Å². The van der Waals surface area contributed by atoms with Crippen molar-refractivity contribution in [2.75, 3.05) is 13.2 Å². The third kappa shape index (κ3) is 5.84. The minimum atomic E-state index is -0.967. The summed E-state index contributed by atoms with van der Waals surface area (Å²) in [6, 6.07) is 15.7. The molecule has 0 heterocycles. The molecule has 0 saturated heterocycles. The maximum atomic E-state index is 12.2. The monoisotopic (exact) mass is 424 g/mol. The van der Waals surface area contributed by atoms with Gasteiger partial charge in [0, 0.05) is 12.0 Å². The lowest BCUT2D eigenvalue weighted by molar-refractivity contribution is -0.137. The van der Waals surface area contributed by atoms with Crippen LogP contribution in [0.5, 0.6) is 0 Å². The van der Waals surface area contributed by atoms with Gasteiger partial charge in [-0.05, 0) is 28.7 Å². The quantitative estimate of drug-likeness (QED) is 0.540. The predicted octanol–water partition coefficient (Wildman–Crippen LogP) is 3.67. The van der Waals surface area contributed by atoms with E-state index in [0.717, 1.165) is 35.1 Å². The second-order valence-corrected chi connectivity index (χ2v) is 7.68. The van der Waals surface area contributed by atoms with E-state index in [1.165, 1.54) is 0 Å². The molecule has 0 aliphatic heterocycles. The fourth-order valence-corrected chi connectivity index (χ4v) is 3.97. The molecule has 0 aromatic heterocycles. The van der Waals surface area contributed by atoms with E-state index in [0.29, 0.717) is 6.42 Å². The van der Waals surface area contributed by atoms with Crippen LogP contribution in [0.25, 0.3) is 11.1 Å². The summed E-state index contributed by atoms with van der Waals surface area (Å²) in [5, 5.41) is 14.1. The number of fused-ring (bicyclic) bond motifs is 3. The maximum absolute atomic E-state index is 12.2. The van der Waals surface area contributed by atoms with Gasteiger partial charge in [0.25, 0.3) is 0 Å². The molecule has 31 heavy (non-hydrogen) atoms. The standard InChI is InChI=1S/C24H28N2O5/c1-2-3-8-16(13-23(28)29)26-22(27)14-25-24(30)31-15-21-19-11-6-4-9-17(19)18-10-5-7-12-20(18)21/h4-7,9-12,16,21H,2-3,8,13-15H2,1H3,(H,25,30)(H,26,27)(H,28,29)/t16-/m1/s1. The Morgan fingerprint density at radius 2 is 1.65 bits per heavy atom. The largest absolute Gasteiger partial charge is 0.481 e. The number of carbonyl (C=O) groups excluding carboxylic acids is 2. The minimum Gasteiger partial charge on any atom is -0.481 e. The molecule has 1 aliphatic carbocycles. The van der Waals surface area contributed by atoms with Crippen molar-refractivity contribution in [1.82, 2.24) is 10.6 Å². The minimum absolute atomic E-state index is 0.0547. The first-order valence-corrected chi connectivity index (χ1v) is 10.6. The highest BCUT2D eigenvalue weighted by atomic mass is 16.5. The molecule has 2 aromatic carbocycles. The number of nitrogens with one attached hydrogen (secondary N) is 2. The topological polar surface area (TPSA) is 105 Å². The molecule has 1 atom stereocenters. The number of amides is 2. The first-order chi connectivity index (χ1) is 15.0. The number of hydrogen-bond donors (Lipinski definition) is 3. The molecule has 7 nitrogen and oxygen atoms in total. The van der Waals surface area contributed by atoms with E-state index in [9.17, 15) is 14.4 Å². The summed E-state index contributed by atoms with van der Waals surface area (Å²) in [4.78, 5) is 35.2. The van der Waals surface area contributed by atoms with Crippen LogP contribution >= 0.6 is 0 Å². The molecule has 7 heteroatoms. The smallest absolute Gasteiger partial charge is 0.407 e. The van der Waals surface area contributed by atoms with Crippen LogP contribution in [-0.4, -0.2) is 42.3 Å². The number of carboxylic acid groups (broad SMARTS) is 1. The summed E-state index contributed by atoms with van der Waals surface area (Å²) < 4.78 is 5.40. The van der Waals surface area contributed by atoms with E-state index in [1.54, 1.807) is 0 Å². The Labute approximate surface area is 181 Å². The number of hydrogen-bond acceptors (Lipinski definition) is 4. The van der Waals surface area contributed by atoms with Gasteiger partial charge in [0.1, 0.15) is 13.2 Å². The number of carboxylic acids is 1. The van der Waals surface area contributed by atoms with Crippen molar-refractivity contribution in [2.45, 2.75) is 44.6 Å². The van der Waals surface area contributed by atoms with Crippen LogP contribution in [0.15, 0.2) is 48.5 Å². The predicted molar refractivity (Wildman–Crippen MR) is 117 cm³/mol. The number of rotatable bonds is 10. The summed E-state index contributed by atoms with van der Waals surface area (Å²) >= 11 is 0. The van der Waals surface area contributed by atoms with Crippen molar-refractivity contribution < 1.29 is 24.2 Å². The molecule has 164 valence electrons. The van der Waals surface area contributed by atoms with Crippen molar-refractivity contribution in [3.8, 4) is 11.1 Å². The van der Waals surface area contributed by atoms with Crippen LogP contribution in [0.2, 0.25) is 0 Å². The SMILES string of the molecule is CCCC[C@H](CC(=O)O)NC(=O)CNC(=O)OCC1c2ccccc2-c2ccccc21. The van der Waals surface area contributed by atoms with Gasteiger partial charge in [-0.3, -0.25) is 9.59 Å². The van der Waals surface area contributed by atoms with E-state index < -0.39 is 24.0 Å². The van der Waals surface area contributed by atoms with Crippen molar-refractivity contribution >= 4 is 18.0 Å². The number of unbranched alkanes of at least 4 members (excludes halogenated alkanes) is 1. The average molecular weight is 424 g/mol. The van der Waals surface area contributed by atoms with E-state index in [-0.39, 0.29) is 25.5 Å². The third-order valence-electron chi connectivity index (χ3n) is 5.43. The van der Waals surface area contributed by atoms with E-state index in [1.807, 2.05) is 43.3 Å². The molecule has 0 bridgehead atoms. The molecule has 0 spiro atoms. The molecular weight excluding hydrogens is 396 g/mol. The van der Waals surface area contributed by atoms with Gasteiger partial charge >= 0.3 is 12.1 Å². The summed E-state index contributed by atoms with van der Waals surface area (Å²) in [5.41, 5.74) is 4.51. The normalized spacial score (nSPS) is 13.1. The summed E-state index contributed by atoms with van der Waals surface area (Å²) in [5.74, 6) is -1.46. The van der Waals surface area contributed by atoms with Crippen LogP contribution in [0.1, 0.15) is 49.7 Å². The highest BCUT2D eigenvalue weighted by Gasteiger charge is 2.29. The fraction of sp³-hybridized carbons (Fsp3) is 0.375. The van der Waals surface area contributed by atoms with Gasteiger partial charge in [0.15, 0.2) is 0 Å². The molecule has 1 aliphatic rings. The Balaban J connectivity index is 1.50. The lowest BCUT2D eigenvalue weighted by Crippen LogP contribution is -2.43. The van der Waals surface area contributed by atoms with E-state index >= 15 is 0 Å². The Morgan fingerprint density at radius 1 is 1.03 bits per heavy atom. The Morgan fingerprint density at radius 3 is 2.23 bits per heavy atom. The molecule has 2 aromatic rings. The van der Waals surface area contributed by atoms with Gasteiger partial charge in [-0.25, -0.2) is 4.79 Å². The first-order valence-electron chi connectivity index (χ1n) is 10.6. The zero-order valence-corrected chi connectivity index (χ0v) is 17.6. The van der Waals surface area contributed by atoms with E-state index in [2.05, 4.69) is 22.8 Å².